The minimum absolute atomic E-state index is 0.139. The summed E-state index contributed by atoms with van der Waals surface area (Å²) in [4.78, 5) is 38.0. The van der Waals surface area contributed by atoms with Crippen LogP contribution in [0.15, 0.2) is 79.1 Å². The number of nitrogens with one attached hydrogen (secondary N) is 3. The average Bonchev–Trinajstić information content (AvgIpc) is 3.44. The highest BCUT2D eigenvalue weighted by atomic mass is 16.2. The van der Waals surface area contributed by atoms with Crippen molar-refractivity contribution in [2.24, 2.45) is 29.6 Å². The smallest absolute Gasteiger partial charge is 0.274 e. The van der Waals surface area contributed by atoms with Crippen molar-refractivity contribution in [3.63, 3.8) is 0 Å². The van der Waals surface area contributed by atoms with Gasteiger partial charge in [-0.1, -0.05) is 24.3 Å². The second kappa shape index (κ2) is 9.80. The van der Waals surface area contributed by atoms with Gasteiger partial charge in [0, 0.05) is 28.9 Å². The van der Waals surface area contributed by atoms with Crippen molar-refractivity contribution >= 4 is 23.2 Å². The van der Waals surface area contributed by atoms with Crippen molar-refractivity contribution in [2.45, 2.75) is 32.1 Å². The number of hydrogen-bond donors (Lipinski definition) is 3. The van der Waals surface area contributed by atoms with Crippen molar-refractivity contribution in [3.8, 4) is 22.6 Å². The maximum atomic E-state index is 13.5. The van der Waals surface area contributed by atoms with E-state index < -0.39 is 0 Å². The maximum Gasteiger partial charge on any atom is 0.274 e. The standard InChI is InChI=1S/C32H31N5O2/c38-31(27-7-3-4-12-33-27)35-24-10-8-21(9-11-24)30-34-18-28(36-30)25-5-1-2-6-26(25)37-32(39)29-22-14-19-13-20(16-22)17-23(29)15-19/h1-12,18-20,22-23,29H,13-17H2,(H,34,36)(H,35,38)(H,37,39). The summed E-state index contributed by atoms with van der Waals surface area (Å²) in [7, 11) is 0. The summed E-state index contributed by atoms with van der Waals surface area (Å²) in [6, 6.07) is 20.7. The van der Waals surface area contributed by atoms with Crippen LogP contribution in [0.2, 0.25) is 0 Å². The Labute approximate surface area is 227 Å². The van der Waals surface area contributed by atoms with Crippen molar-refractivity contribution in [1.82, 2.24) is 15.0 Å². The third-order valence-electron chi connectivity index (χ3n) is 8.89. The van der Waals surface area contributed by atoms with E-state index in [4.69, 9.17) is 0 Å². The number of aromatic amines is 1. The fourth-order valence-corrected chi connectivity index (χ4v) is 7.40. The number of imidazole rings is 1. The fraction of sp³-hybridized carbons (Fsp3) is 0.312. The van der Waals surface area contributed by atoms with Crippen LogP contribution in [0.25, 0.3) is 22.6 Å². The molecule has 7 nitrogen and oxygen atoms in total. The molecule has 196 valence electrons. The number of hydrogen-bond acceptors (Lipinski definition) is 4. The predicted octanol–water partition coefficient (Wildman–Crippen LogP) is 6.40. The van der Waals surface area contributed by atoms with Gasteiger partial charge in [-0.2, -0.15) is 0 Å². The first-order chi connectivity index (χ1) is 19.1. The lowest BCUT2D eigenvalue weighted by molar-refractivity contribution is -0.132. The molecule has 0 spiro atoms. The molecule has 2 heterocycles. The number of para-hydroxylation sites is 1. The van der Waals surface area contributed by atoms with E-state index in [0.717, 1.165) is 40.2 Å². The molecular weight excluding hydrogens is 486 g/mol. The molecule has 2 amide bonds. The van der Waals surface area contributed by atoms with Crippen LogP contribution in [0.3, 0.4) is 0 Å². The molecule has 3 N–H and O–H groups in total. The van der Waals surface area contributed by atoms with Crippen molar-refractivity contribution in [3.05, 3.63) is 84.8 Å². The Hall–Kier alpha value is -4.26. The molecule has 0 saturated heterocycles. The van der Waals surface area contributed by atoms with Gasteiger partial charge >= 0.3 is 0 Å². The normalized spacial score (nSPS) is 24.9. The molecule has 39 heavy (non-hydrogen) atoms. The average molecular weight is 518 g/mol. The van der Waals surface area contributed by atoms with Gasteiger partial charge in [-0.3, -0.25) is 14.6 Å². The van der Waals surface area contributed by atoms with Gasteiger partial charge in [0.15, 0.2) is 0 Å². The van der Waals surface area contributed by atoms with Crippen molar-refractivity contribution in [2.75, 3.05) is 10.6 Å². The molecule has 8 rings (SSSR count). The number of anilines is 2. The molecule has 2 aromatic carbocycles. The SMILES string of the molecule is O=C(Nc1ccc(-c2ncc(-c3ccccc3NC(=O)C3C4CC5CC(C4)CC3C5)[nH]2)cc1)c1ccccn1. The summed E-state index contributed by atoms with van der Waals surface area (Å²) < 4.78 is 0. The van der Waals surface area contributed by atoms with Gasteiger partial charge in [-0.25, -0.2) is 4.98 Å². The molecule has 4 bridgehead atoms. The first-order valence-electron chi connectivity index (χ1n) is 13.9. The molecule has 0 radical (unpaired) electrons. The lowest BCUT2D eigenvalue weighted by Gasteiger charge is -2.53. The number of H-pyrrole nitrogens is 1. The summed E-state index contributed by atoms with van der Waals surface area (Å²) in [5.41, 5.74) is 4.53. The van der Waals surface area contributed by atoms with E-state index in [2.05, 4.69) is 25.6 Å². The summed E-state index contributed by atoms with van der Waals surface area (Å²) in [6.45, 7) is 0. The molecule has 0 unspecified atom stereocenters. The van der Waals surface area contributed by atoms with Crippen LogP contribution in [0.1, 0.15) is 42.6 Å². The van der Waals surface area contributed by atoms with Crippen molar-refractivity contribution in [1.29, 1.82) is 0 Å². The Balaban J connectivity index is 1.06. The summed E-state index contributed by atoms with van der Waals surface area (Å²) in [5, 5.41) is 6.16. The Morgan fingerprint density at radius 3 is 2.21 bits per heavy atom. The molecule has 4 aromatic rings. The molecule has 4 saturated carbocycles. The minimum Gasteiger partial charge on any atom is -0.338 e. The Bertz CT molecular complexity index is 1480. The zero-order valence-corrected chi connectivity index (χ0v) is 21.6. The molecule has 7 heteroatoms. The van der Waals surface area contributed by atoms with E-state index in [9.17, 15) is 9.59 Å². The number of amides is 2. The molecule has 4 fully saturated rings. The lowest BCUT2D eigenvalue weighted by atomic mass is 9.51. The highest BCUT2D eigenvalue weighted by molar-refractivity contribution is 6.03. The van der Waals surface area contributed by atoms with Gasteiger partial charge in [0.25, 0.3) is 5.91 Å². The summed E-state index contributed by atoms with van der Waals surface area (Å²) in [5.74, 6) is 3.56. The third-order valence-corrected chi connectivity index (χ3v) is 8.89. The van der Waals surface area contributed by atoms with Gasteiger partial charge in [0.05, 0.1) is 17.6 Å². The Kier molecular flexibility index (Phi) is 5.99. The van der Waals surface area contributed by atoms with Gasteiger partial charge in [0.1, 0.15) is 11.5 Å². The molecule has 4 aliphatic rings. The quantitative estimate of drug-likeness (QED) is 0.275. The minimum atomic E-state index is -0.254. The van der Waals surface area contributed by atoms with Crippen molar-refractivity contribution < 1.29 is 9.59 Å². The monoisotopic (exact) mass is 517 g/mol. The van der Waals surface area contributed by atoms with E-state index in [1.54, 1.807) is 30.6 Å². The highest BCUT2D eigenvalue weighted by Gasteiger charge is 2.50. The largest absolute Gasteiger partial charge is 0.338 e. The summed E-state index contributed by atoms with van der Waals surface area (Å²) in [6.07, 6.45) is 9.68. The van der Waals surface area contributed by atoms with Crippen LogP contribution >= 0.6 is 0 Å². The van der Waals surface area contributed by atoms with Gasteiger partial charge < -0.3 is 15.6 Å². The highest BCUT2D eigenvalue weighted by Crippen LogP contribution is 2.56. The first-order valence-corrected chi connectivity index (χ1v) is 13.9. The molecular formula is C32H31N5O2. The van der Waals surface area contributed by atoms with Crippen LogP contribution in [0.5, 0.6) is 0 Å². The van der Waals surface area contributed by atoms with Gasteiger partial charge in [0.2, 0.25) is 5.91 Å². The zero-order chi connectivity index (χ0) is 26.3. The Morgan fingerprint density at radius 2 is 1.49 bits per heavy atom. The molecule has 4 aliphatic carbocycles. The fourth-order valence-electron chi connectivity index (χ4n) is 7.40. The van der Waals surface area contributed by atoms with E-state index in [-0.39, 0.29) is 17.7 Å². The number of pyridine rings is 1. The van der Waals surface area contributed by atoms with Crippen LogP contribution in [-0.4, -0.2) is 26.8 Å². The predicted molar refractivity (Wildman–Crippen MR) is 151 cm³/mol. The maximum absolute atomic E-state index is 13.5. The number of aromatic nitrogens is 3. The van der Waals surface area contributed by atoms with Crippen LogP contribution < -0.4 is 10.6 Å². The van der Waals surface area contributed by atoms with Gasteiger partial charge in [-0.15, -0.1) is 0 Å². The number of nitrogens with zero attached hydrogens (tertiary/aromatic N) is 2. The molecule has 0 atom stereocenters. The zero-order valence-electron chi connectivity index (χ0n) is 21.6. The molecule has 2 aromatic heterocycles. The van der Waals surface area contributed by atoms with E-state index in [0.29, 0.717) is 23.2 Å². The van der Waals surface area contributed by atoms with Crippen LogP contribution in [0.4, 0.5) is 11.4 Å². The lowest BCUT2D eigenvalue weighted by Crippen LogP contribution is -2.49. The Morgan fingerprint density at radius 1 is 0.769 bits per heavy atom. The first kappa shape index (κ1) is 23.8. The summed E-state index contributed by atoms with van der Waals surface area (Å²) >= 11 is 0. The third kappa shape index (κ3) is 4.62. The number of carbonyl (C=O) groups is 2. The molecule has 0 aliphatic heterocycles. The number of rotatable bonds is 6. The van der Waals surface area contributed by atoms with Gasteiger partial charge in [-0.05, 0) is 98.2 Å². The van der Waals surface area contributed by atoms with E-state index in [1.807, 2.05) is 48.5 Å². The number of carbonyl (C=O) groups excluding carboxylic acids is 2. The second-order valence-corrected chi connectivity index (χ2v) is 11.4. The number of benzene rings is 2. The van der Waals surface area contributed by atoms with Crippen LogP contribution in [-0.2, 0) is 4.79 Å². The topological polar surface area (TPSA) is 99.8 Å². The van der Waals surface area contributed by atoms with E-state index >= 15 is 0 Å². The van der Waals surface area contributed by atoms with E-state index in [1.165, 1.54) is 32.1 Å². The van der Waals surface area contributed by atoms with Crippen LogP contribution in [0, 0.1) is 29.6 Å². The second-order valence-electron chi connectivity index (χ2n) is 11.4.